The average molecular weight is 397 g/mol. The molecule has 3 aromatic heterocycles. The molecule has 8 heteroatoms. The molecule has 0 bridgehead atoms. The van der Waals surface area contributed by atoms with E-state index in [9.17, 15) is 4.79 Å². The van der Waals surface area contributed by atoms with Crippen LogP contribution in [0.3, 0.4) is 0 Å². The Morgan fingerprint density at radius 1 is 1.07 bits per heavy atom. The summed E-state index contributed by atoms with van der Waals surface area (Å²) in [6, 6.07) is 4.45. The number of anilines is 1. The summed E-state index contributed by atoms with van der Waals surface area (Å²) in [7, 11) is 4.21. The third-order valence-electron chi connectivity index (χ3n) is 5.40. The highest BCUT2D eigenvalue weighted by molar-refractivity contribution is 7.14. The Kier molecular flexibility index (Phi) is 5.32. The smallest absolute Gasteiger partial charge is 0.228 e. The first-order valence-electron chi connectivity index (χ1n) is 9.53. The Morgan fingerprint density at radius 2 is 1.82 bits per heavy atom. The van der Waals surface area contributed by atoms with E-state index in [2.05, 4.69) is 44.5 Å². The van der Waals surface area contributed by atoms with E-state index in [1.807, 2.05) is 19.1 Å². The Morgan fingerprint density at radius 3 is 2.50 bits per heavy atom. The lowest BCUT2D eigenvalue weighted by Crippen LogP contribution is -2.35. The maximum atomic E-state index is 12.7. The van der Waals surface area contributed by atoms with Crippen molar-refractivity contribution < 1.29 is 4.79 Å². The second kappa shape index (κ2) is 7.89. The molecule has 1 aliphatic carbocycles. The van der Waals surface area contributed by atoms with E-state index >= 15 is 0 Å². The van der Waals surface area contributed by atoms with Gasteiger partial charge in [-0.1, -0.05) is 11.3 Å². The molecule has 0 spiro atoms. The lowest BCUT2D eigenvalue weighted by molar-refractivity contribution is -0.121. The second-order valence-corrected chi connectivity index (χ2v) is 8.75. The van der Waals surface area contributed by atoms with Crippen LogP contribution in [0.1, 0.15) is 30.7 Å². The first kappa shape index (κ1) is 18.9. The Labute approximate surface area is 168 Å². The summed E-state index contributed by atoms with van der Waals surface area (Å²) in [5.41, 5.74) is 0.781. The van der Waals surface area contributed by atoms with Crippen molar-refractivity contribution in [3.63, 3.8) is 0 Å². The average Bonchev–Trinajstić information content (AvgIpc) is 3.14. The quantitative estimate of drug-likeness (QED) is 0.726. The van der Waals surface area contributed by atoms with Gasteiger partial charge in [-0.15, -0.1) is 10.2 Å². The van der Waals surface area contributed by atoms with Crippen LogP contribution in [0, 0.1) is 12.8 Å². The molecule has 28 heavy (non-hydrogen) atoms. The number of aryl methyl sites for hydroxylation is 1. The third kappa shape index (κ3) is 4.02. The molecule has 1 amide bonds. The highest BCUT2D eigenvalue weighted by Gasteiger charge is 2.27. The number of fused-ring (bicyclic) bond motifs is 1. The zero-order valence-electron chi connectivity index (χ0n) is 16.3. The van der Waals surface area contributed by atoms with Gasteiger partial charge in [0.05, 0.1) is 0 Å². The predicted molar refractivity (Wildman–Crippen MR) is 111 cm³/mol. The van der Waals surface area contributed by atoms with Gasteiger partial charge in [-0.25, -0.2) is 4.98 Å². The molecule has 1 N–H and O–H groups in total. The highest BCUT2D eigenvalue weighted by Crippen LogP contribution is 2.28. The maximum absolute atomic E-state index is 12.7. The van der Waals surface area contributed by atoms with Crippen LogP contribution in [-0.2, 0) is 4.79 Å². The van der Waals surface area contributed by atoms with Crippen LogP contribution in [0.2, 0.25) is 0 Å². The number of carbonyl (C=O) groups excluding carboxylic acids is 1. The molecule has 0 saturated heterocycles. The van der Waals surface area contributed by atoms with Gasteiger partial charge in [-0.3, -0.25) is 9.78 Å². The Balaban J connectivity index is 1.49. The molecule has 1 fully saturated rings. The summed E-state index contributed by atoms with van der Waals surface area (Å²) >= 11 is 1.51. The van der Waals surface area contributed by atoms with E-state index in [0.29, 0.717) is 11.9 Å². The van der Waals surface area contributed by atoms with Crippen molar-refractivity contribution in [1.82, 2.24) is 25.1 Å². The van der Waals surface area contributed by atoms with Gasteiger partial charge < -0.3 is 10.2 Å². The molecule has 0 radical (unpaired) electrons. The number of hydrogen-bond donors (Lipinski definition) is 1. The molecular weight excluding hydrogens is 372 g/mol. The molecule has 4 rings (SSSR count). The third-order valence-corrected chi connectivity index (χ3v) is 6.26. The molecule has 146 valence electrons. The normalized spacial score (nSPS) is 19.9. The summed E-state index contributed by atoms with van der Waals surface area (Å²) in [4.78, 5) is 23.8. The van der Waals surface area contributed by atoms with Gasteiger partial charge >= 0.3 is 0 Å². The largest absolute Gasteiger partial charge is 0.310 e. The number of pyridine rings is 2. The number of hydrogen-bond acceptors (Lipinski definition) is 7. The van der Waals surface area contributed by atoms with Crippen LogP contribution >= 0.6 is 11.3 Å². The fourth-order valence-corrected chi connectivity index (χ4v) is 4.37. The lowest BCUT2D eigenvalue weighted by Gasteiger charge is -2.31. The summed E-state index contributed by atoms with van der Waals surface area (Å²) in [5.74, 6) is 0.710. The summed E-state index contributed by atoms with van der Waals surface area (Å²) < 4.78 is 0. The van der Waals surface area contributed by atoms with Crippen LogP contribution < -0.4 is 5.32 Å². The molecule has 0 unspecified atom stereocenters. The molecular formula is C20H24N6OS. The van der Waals surface area contributed by atoms with E-state index in [1.165, 1.54) is 11.3 Å². The van der Waals surface area contributed by atoms with Crippen molar-refractivity contribution in [2.75, 3.05) is 19.4 Å². The Bertz CT molecular complexity index is 993. The zero-order valence-corrected chi connectivity index (χ0v) is 17.2. The van der Waals surface area contributed by atoms with Crippen molar-refractivity contribution in [3.05, 3.63) is 29.5 Å². The standard InChI is InChI=1S/C20H24N6OS/c1-12-24-25-20(28-12)17-8-14-9-18(22-11-15(14)10-21-17)23-19(27)13-4-6-16(7-5-13)26(2)3/h8-11,13,16H,4-7H2,1-3H3,(H,22,23,27). The number of rotatable bonds is 4. The first-order chi connectivity index (χ1) is 13.5. The van der Waals surface area contributed by atoms with Crippen LogP contribution in [0.25, 0.3) is 21.5 Å². The zero-order chi connectivity index (χ0) is 19.7. The summed E-state index contributed by atoms with van der Waals surface area (Å²) in [6.45, 7) is 1.92. The molecule has 3 aromatic rings. The topological polar surface area (TPSA) is 83.9 Å². The van der Waals surface area contributed by atoms with Gasteiger partial charge in [-0.2, -0.15) is 0 Å². The van der Waals surface area contributed by atoms with Gasteiger partial charge in [0.1, 0.15) is 16.5 Å². The van der Waals surface area contributed by atoms with E-state index < -0.39 is 0 Å². The van der Waals surface area contributed by atoms with E-state index in [0.717, 1.165) is 52.2 Å². The predicted octanol–water partition coefficient (Wildman–Crippen LogP) is 3.52. The van der Waals surface area contributed by atoms with Gasteiger partial charge in [0.2, 0.25) is 5.91 Å². The minimum absolute atomic E-state index is 0.0612. The number of aromatic nitrogens is 4. The molecule has 0 aromatic carbocycles. The van der Waals surface area contributed by atoms with Gasteiger partial charge in [0.25, 0.3) is 0 Å². The second-order valence-electron chi connectivity index (χ2n) is 7.57. The molecule has 0 aliphatic heterocycles. The minimum Gasteiger partial charge on any atom is -0.310 e. The van der Waals surface area contributed by atoms with E-state index in [1.54, 1.807) is 12.4 Å². The molecule has 3 heterocycles. The van der Waals surface area contributed by atoms with Crippen LogP contribution in [0.5, 0.6) is 0 Å². The highest BCUT2D eigenvalue weighted by atomic mass is 32.1. The molecule has 0 atom stereocenters. The van der Waals surface area contributed by atoms with E-state index in [-0.39, 0.29) is 11.8 Å². The van der Waals surface area contributed by atoms with Crippen molar-refractivity contribution in [3.8, 4) is 10.7 Å². The number of nitrogens with zero attached hydrogens (tertiary/aromatic N) is 5. The van der Waals surface area contributed by atoms with Gasteiger partial charge in [0, 0.05) is 29.7 Å². The summed E-state index contributed by atoms with van der Waals surface area (Å²) in [6.07, 6.45) is 7.50. The van der Waals surface area contributed by atoms with Crippen LogP contribution in [0.15, 0.2) is 24.5 Å². The van der Waals surface area contributed by atoms with Crippen molar-refractivity contribution in [2.24, 2.45) is 5.92 Å². The van der Waals surface area contributed by atoms with Crippen LogP contribution in [-0.4, -0.2) is 51.1 Å². The van der Waals surface area contributed by atoms with Crippen molar-refractivity contribution in [2.45, 2.75) is 38.6 Å². The number of amides is 1. The van der Waals surface area contributed by atoms with Crippen molar-refractivity contribution in [1.29, 1.82) is 0 Å². The fraction of sp³-hybridized carbons (Fsp3) is 0.450. The lowest BCUT2D eigenvalue weighted by atomic mass is 9.85. The Hall–Kier alpha value is -2.45. The SMILES string of the molecule is Cc1nnc(-c2cc3cc(NC(=O)C4CCC(N(C)C)CC4)ncc3cn2)s1. The van der Waals surface area contributed by atoms with Gasteiger partial charge in [0.15, 0.2) is 5.01 Å². The number of nitrogens with one attached hydrogen (secondary N) is 1. The molecule has 1 saturated carbocycles. The maximum Gasteiger partial charge on any atom is 0.228 e. The van der Waals surface area contributed by atoms with Crippen molar-refractivity contribution >= 4 is 33.8 Å². The fourth-order valence-electron chi connectivity index (χ4n) is 3.71. The minimum atomic E-state index is 0.0612. The van der Waals surface area contributed by atoms with Gasteiger partial charge in [-0.05, 0) is 64.2 Å². The van der Waals surface area contributed by atoms with E-state index in [4.69, 9.17) is 0 Å². The monoisotopic (exact) mass is 396 g/mol. The number of carbonyl (C=O) groups is 1. The first-order valence-corrected chi connectivity index (χ1v) is 10.3. The van der Waals surface area contributed by atoms with Crippen LogP contribution in [0.4, 0.5) is 5.82 Å². The molecule has 1 aliphatic rings. The summed E-state index contributed by atoms with van der Waals surface area (Å²) in [5, 5.41) is 14.8. The molecule has 7 nitrogen and oxygen atoms in total.